The number of nitrogens with zero attached hydrogens (tertiary/aromatic N) is 3. The van der Waals surface area contributed by atoms with Crippen molar-refractivity contribution in [1.82, 2.24) is 14.5 Å². The van der Waals surface area contributed by atoms with Gasteiger partial charge in [0.25, 0.3) is 5.56 Å². The average Bonchev–Trinajstić information content (AvgIpc) is 2.77. The van der Waals surface area contributed by atoms with E-state index in [0.717, 1.165) is 22.4 Å². The number of para-hydroxylation sites is 1. The fourth-order valence-electron chi connectivity index (χ4n) is 3.70. The summed E-state index contributed by atoms with van der Waals surface area (Å²) in [5, 5.41) is 1.07. The lowest BCUT2D eigenvalue weighted by Gasteiger charge is -2.18. The van der Waals surface area contributed by atoms with Gasteiger partial charge in [0, 0.05) is 13.6 Å². The zero-order chi connectivity index (χ0) is 22.7. The first-order chi connectivity index (χ1) is 15.4. The van der Waals surface area contributed by atoms with Crippen LogP contribution in [0.25, 0.3) is 16.6 Å². The van der Waals surface area contributed by atoms with Gasteiger partial charge in [0.05, 0.1) is 22.3 Å². The van der Waals surface area contributed by atoms with Crippen molar-refractivity contribution in [3.8, 4) is 5.69 Å². The highest BCUT2D eigenvalue weighted by molar-refractivity contribution is 7.99. The third-order valence-electron chi connectivity index (χ3n) is 5.22. The second-order valence-corrected chi connectivity index (χ2v) is 8.86. The van der Waals surface area contributed by atoms with Crippen LogP contribution in [0.15, 0.2) is 82.7 Å². The first kappa shape index (κ1) is 21.8. The second-order valence-electron chi connectivity index (χ2n) is 7.92. The van der Waals surface area contributed by atoms with Gasteiger partial charge >= 0.3 is 0 Å². The van der Waals surface area contributed by atoms with Crippen molar-refractivity contribution in [3.63, 3.8) is 0 Å². The molecule has 0 saturated carbocycles. The predicted molar refractivity (Wildman–Crippen MR) is 130 cm³/mol. The van der Waals surface area contributed by atoms with Gasteiger partial charge in [-0.2, -0.15) is 0 Å². The number of thioether (sulfide) groups is 1. The molecule has 4 rings (SSSR count). The third kappa shape index (κ3) is 4.75. The van der Waals surface area contributed by atoms with Crippen molar-refractivity contribution in [2.75, 3.05) is 12.8 Å². The van der Waals surface area contributed by atoms with E-state index < -0.39 is 0 Å². The van der Waals surface area contributed by atoms with Crippen LogP contribution in [-0.2, 0) is 11.3 Å². The third-order valence-corrected chi connectivity index (χ3v) is 6.15. The van der Waals surface area contributed by atoms with E-state index in [2.05, 4.69) is 6.07 Å². The lowest BCUT2D eigenvalue weighted by atomic mass is 10.1. The molecule has 0 unspecified atom stereocenters. The number of aromatic nitrogens is 2. The van der Waals surface area contributed by atoms with Crippen LogP contribution in [0.5, 0.6) is 0 Å². The monoisotopic (exact) mass is 443 g/mol. The van der Waals surface area contributed by atoms with E-state index >= 15 is 0 Å². The van der Waals surface area contributed by atoms with Crippen molar-refractivity contribution in [2.45, 2.75) is 25.5 Å². The molecule has 0 saturated heterocycles. The topological polar surface area (TPSA) is 55.2 Å². The van der Waals surface area contributed by atoms with Crippen LogP contribution in [0.2, 0.25) is 0 Å². The van der Waals surface area contributed by atoms with Crippen molar-refractivity contribution >= 4 is 28.6 Å². The molecule has 4 aromatic rings. The van der Waals surface area contributed by atoms with E-state index in [0.29, 0.717) is 22.6 Å². The van der Waals surface area contributed by atoms with Gasteiger partial charge in [-0.15, -0.1) is 0 Å². The van der Waals surface area contributed by atoms with Gasteiger partial charge in [-0.05, 0) is 54.8 Å². The van der Waals surface area contributed by atoms with Gasteiger partial charge < -0.3 is 4.90 Å². The number of benzene rings is 3. The molecule has 6 heteroatoms. The Hall–Kier alpha value is -3.38. The molecule has 0 spiro atoms. The van der Waals surface area contributed by atoms with Crippen molar-refractivity contribution in [2.24, 2.45) is 0 Å². The maximum absolute atomic E-state index is 13.4. The molecule has 0 aliphatic heterocycles. The van der Waals surface area contributed by atoms with Gasteiger partial charge in [0.1, 0.15) is 0 Å². The summed E-state index contributed by atoms with van der Waals surface area (Å²) < 4.78 is 1.62. The molecule has 0 aliphatic rings. The first-order valence-corrected chi connectivity index (χ1v) is 11.4. The van der Waals surface area contributed by atoms with Gasteiger partial charge in [-0.25, -0.2) is 4.98 Å². The lowest BCUT2D eigenvalue weighted by molar-refractivity contribution is -0.127. The Kier molecular flexibility index (Phi) is 6.42. The van der Waals surface area contributed by atoms with E-state index in [1.54, 1.807) is 22.6 Å². The maximum atomic E-state index is 13.4. The zero-order valence-corrected chi connectivity index (χ0v) is 19.2. The summed E-state index contributed by atoms with van der Waals surface area (Å²) in [4.78, 5) is 32.7. The molecule has 0 radical (unpaired) electrons. The smallest absolute Gasteiger partial charge is 0.266 e. The van der Waals surface area contributed by atoms with Crippen LogP contribution in [0.1, 0.15) is 16.7 Å². The highest BCUT2D eigenvalue weighted by atomic mass is 32.2. The number of carbonyl (C=O) groups excluding carboxylic acids is 1. The predicted octanol–water partition coefficient (Wildman–Crippen LogP) is 4.75. The first-order valence-electron chi connectivity index (χ1n) is 10.4. The van der Waals surface area contributed by atoms with Crippen LogP contribution in [0.3, 0.4) is 0 Å². The van der Waals surface area contributed by atoms with Crippen LogP contribution < -0.4 is 5.56 Å². The molecular formula is C26H25N3O2S. The summed E-state index contributed by atoms with van der Waals surface area (Å²) in [5.74, 6) is 0.173. The number of carbonyl (C=O) groups is 1. The molecule has 162 valence electrons. The number of amides is 1. The second kappa shape index (κ2) is 9.40. The van der Waals surface area contributed by atoms with Crippen LogP contribution in [0, 0.1) is 13.8 Å². The minimum absolute atomic E-state index is 0.0202. The van der Waals surface area contributed by atoms with Gasteiger partial charge in [0.2, 0.25) is 5.91 Å². The Bertz CT molecular complexity index is 1310. The molecule has 0 N–H and O–H groups in total. The standard InChI is InChI=1S/C26H25N3O2S/c1-18-13-19(2)15-21(14-18)29-25(31)22-11-7-8-12-23(22)27-26(29)32-17-24(30)28(3)16-20-9-5-4-6-10-20/h4-15H,16-17H2,1-3H3. The summed E-state index contributed by atoms with van der Waals surface area (Å²) >= 11 is 1.29. The fraction of sp³-hybridized carbons (Fsp3) is 0.192. The SMILES string of the molecule is Cc1cc(C)cc(-n2c(SCC(=O)N(C)Cc3ccccc3)nc3ccccc3c2=O)c1. The van der Waals surface area contributed by atoms with Crippen LogP contribution in [-0.4, -0.2) is 33.2 Å². The average molecular weight is 444 g/mol. The summed E-state index contributed by atoms with van der Waals surface area (Å²) in [6.45, 7) is 4.55. The Labute approximate surface area is 191 Å². The molecular weight excluding hydrogens is 418 g/mol. The number of aryl methyl sites for hydroxylation is 2. The van der Waals surface area contributed by atoms with Gasteiger partial charge in [0.15, 0.2) is 5.16 Å². The lowest BCUT2D eigenvalue weighted by Crippen LogP contribution is -2.28. The number of hydrogen-bond donors (Lipinski definition) is 0. The highest BCUT2D eigenvalue weighted by Gasteiger charge is 2.17. The van der Waals surface area contributed by atoms with Gasteiger partial charge in [-0.1, -0.05) is 60.3 Å². The molecule has 1 aromatic heterocycles. The van der Waals surface area contributed by atoms with Crippen molar-refractivity contribution in [3.05, 3.63) is 99.8 Å². The van der Waals surface area contributed by atoms with Crippen LogP contribution >= 0.6 is 11.8 Å². The molecule has 0 fully saturated rings. The fourth-order valence-corrected chi connectivity index (χ4v) is 4.65. The molecule has 0 aliphatic carbocycles. The van der Waals surface area contributed by atoms with E-state index in [9.17, 15) is 9.59 Å². The normalized spacial score (nSPS) is 11.0. The Morgan fingerprint density at radius 1 is 0.969 bits per heavy atom. The minimum Gasteiger partial charge on any atom is -0.341 e. The Balaban J connectivity index is 1.67. The van der Waals surface area contributed by atoms with E-state index in [1.807, 2.05) is 74.5 Å². The molecule has 5 nitrogen and oxygen atoms in total. The van der Waals surface area contributed by atoms with E-state index in [-0.39, 0.29) is 17.2 Å². The minimum atomic E-state index is -0.131. The van der Waals surface area contributed by atoms with Gasteiger partial charge in [-0.3, -0.25) is 14.2 Å². The molecule has 3 aromatic carbocycles. The molecule has 1 heterocycles. The summed E-state index contributed by atoms with van der Waals surface area (Å²) in [6, 6.07) is 23.2. The van der Waals surface area contributed by atoms with E-state index in [1.165, 1.54) is 11.8 Å². The van der Waals surface area contributed by atoms with Crippen molar-refractivity contribution in [1.29, 1.82) is 0 Å². The largest absolute Gasteiger partial charge is 0.341 e. The molecule has 0 atom stereocenters. The van der Waals surface area contributed by atoms with E-state index in [4.69, 9.17) is 4.98 Å². The summed E-state index contributed by atoms with van der Waals surface area (Å²) in [7, 11) is 1.79. The zero-order valence-electron chi connectivity index (χ0n) is 18.4. The quantitative estimate of drug-likeness (QED) is 0.319. The molecule has 1 amide bonds. The number of rotatable bonds is 6. The maximum Gasteiger partial charge on any atom is 0.266 e. The van der Waals surface area contributed by atoms with Crippen LogP contribution in [0.4, 0.5) is 0 Å². The number of hydrogen-bond acceptors (Lipinski definition) is 4. The Morgan fingerprint density at radius 3 is 2.34 bits per heavy atom. The molecule has 0 bridgehead atoms. The number of fused-ring (bicyclic) bond motifs is 1. The summed E-state index contributed by atoms with van der Waals surface area (Å²) in [6.07, 6.45) is 0. The molecule has 32 heavy (non-hydrogen) atoms. The Morgan fingerprint density at radius 2 is 1.62 bits per heavy atom. The summed E-state index contributed by atoms with van der Waals surface area (Å²) in [5.41, 5.74) is 4.46. The van der Waals surface area contributed by atoms with Crippen molar-refractivity contribution < 1.29 is 4.79 Å². The highest BCUT2D eigenvalue weighted by Crippen LogP contribution is 2.23.